The molecule has 6 nitrogen and oxygen atoms in total. The van der Waals surface area contributed by atoms with Crippen molar-refractivity contribution in [3.8, 4) is 0 Å². The van der Waals surface area contributed by atoms with Crippen LogP contribution in [0.15, 0.2) is 18.5 Å². The number of nitrogens with one attached hydrogen (secondary N) is 1. The predicted molar refractivity (Wildman–Crippen MR) is 87.1 cm³/mol. The lowest BCUT2D eigenvalue weighted by molar-refractivity contribution is -0.131. The fourth-order valence-corrected chi connectivity index (χ4v) is 3.45. The maximum atomic E-state index is 12.3. The van der Waals surface area contributed by atoms with E-state index in [4.69, 9.17) is 0 Å². The Morgan fingerprint density at radius 3 is 2.57 bits per heavy atom. The molecule has 2 aliphatic heterocycles. The number of pyridine rings is 1. The minimum atomic E-state index is -0.0590. The molecule has 0 bridgehead atoms. The predicted octanol–water partition coefficient (Wildman–Crippen LogP) is 0.815. The largest absolute Gasteiger partial charge is 0.349 e. The molecule has 3 heterocycles. The van der Waals surface area contributed by atoms with E-state index >= 15 is 0 Å². The molecule has 2 saturated heterocycles. The van der Waals surface area contributed by atoms with E-state index in [0.29, 0.717) is 5.56 Å². The quantitative estimate of drug-likeness (QED) is 0.896. The van der Waals surface area contributed by atoms with Gasteiger partial charge in [0.2, 0.25) is 5.91 Å². The number of likely N-dealkylation sites (tertiary alicyclic amines) is 2. The van der Waals surface area contributed by atoms with Gasteiger partial charge in [-0.1, -0.05) is 0 Å². The van der Waals surface area contributed by atoms with E-state index in [2.05, 4.69) is 15.2 Å². The SMILES string of the molecule is Cc1cncc(C(=O)NC2CCN(C3CCN(C)C3=O)CC2)c1. The Morgan fingerprint density at radius 1 is 1.22 bits per heavy atom. The first-order chi connectivity index (χ1) is 11.0. The standard InChI is InChI=1S/C17H24N4O2/c1-12-9-13(11-18-10-12)16(22)19-14-3-7-21(8-4-14)15-5-6-20(2)17(15)23/h9-11,14-15H,3-8H2,1-2H3,(H,19,22). The Labute approximate surface area is 136 Å². The number of rotatable bonds is 3. The van der Waals surface area contributed by atoms with Crippen molar-refractivity contribution in [1.29, 1.82) is 0 Å². The van der Waals surface area contributed by atoms with E-state index in [1.807, 2.05) is 24.9 Å². The van der Waals surface area contributed by atoms with Crippen LogP contribution in [0.5, 0.6) is 0 Å². The Hall–Kier alpha value is -1.95. The monoisotopic (exact) mass is 316 g/mol. The Kier molecular flexibility index (Phi) is 4.61. The van der Waals surface area contributed by atoms with Crippen LogP contribution < -0.4 is 5.32 Å². The summed E-state index contributed by atoms with van der Waals surface area (Å²) in [6.07, 6.45) is 6.04. The molecule has 23 heavy (non-hydrogen) atoms. The summed E-state index contributed by atoms with van der Waals surface area (Å²) in [6.45, 7) is 4.50. The lowest BCUT2D eigenvalue weighted by atomic mass is 10.0. The van der Waals surface area contributed by atoms with Gasteiger partial charge >= 0.3 is 0 Å². The molecule has 0 radical (unpaired) electrons. The average molecular weight is 316 g/mol. The Balaban J connectivity index is 1.51. The topological polar surface area (TPSA) is 65.5 Å². The fourth-order valence-electron chi connectivity index (χ4n) is 3.45. The molecule has 1 atom stereocenters. The molecule has 1 N–H and O–H groups in total. The van der Waals surface area contributed by atoms with Crippen LogP contribution in [0.1, 0.15) is 35.2 Å². The molecule has 0 saturated carbocycles. The molecule has 1 unspecified atom stereocenters. The molecule has 124 valence electrons. The van der Waals surface area contributed by atoms with Crippen LogP contribution in [0.25, 0.3) is 0 Å². The van der Waals surface area contributed by atoms with Gasteiger partial charge in [-0.25, -0.2) is 0 Å². The van der Waals surface area contributed by atoms with E-state index in [-0.39, 0.29) is 23.9 Å². The zero-order chi connectivity index (χ0) is 16.4. The zero-order valence-corrected chi connectivity index (χ0v) is 13.8. The van der Waals surface area contributed by atoms with Crippen molar-refractivity contribution in [3.63, 3.8) is 0 Å². The maximum Gasteiger partial charge on any atom is 0.253 e. The lowest BCUT2D eigenvalue weighted by Gasteiger charge is -2.35. The van der Waals surface area contributed by atoms with Crippen LogP contribution in [-0.2, 0) is 4.79 Å². The number of amides is 2. The van der Waals surface area contributed by atoms with Crippen molar-refractivity contribution < 1.29 is 9.59 Å². The maximum absolute atomic E-state index is 12.3. The van der Waals surface area contributed by atoms with Crippen LogP contribution >= 0.6 is 0 Å². The van der Waals surface area contributed by atoms with E-state index in [1.165, 1.54) is 0 Å². The van der Waals surface area contributed by atoms with Crippen molar-refractivity contribution in [2.75, 3.05) is 26.7 Å². The number of hydrogen-bond acceptors (Lipinski definition) is 4. The number of likely N-dealkylation sites (N-methyl/N-ethyl adjacent to an activating group) is 1. The summed E-state index contributed by atoms with van der Waals surface area (Å²) in [4.78, 5) is 32.5. The lowest BCUT2D eigenvalue weighted by Crippen LogP contribution is -2.50. The molecule has 6 heteroatoms. The zero-order valence-electron chi connectivity index (χ0n) is 13.8. The van der Waals surface area contributed by atoms with Crippen molar-refractivity contribution >= 4 is 11.8 Å². The minimum absolute atomic E-state index is 0.0395. The van der Waals surface area contributed by atoms with Gasteiger partial charge in [0, 0.05) is 45.1 Å². The van der Waals surface area contributed by atoms with E-state index in [9.17, 15) is 9.59 Å². The van der Waals surface area contributed by atoms with Crippen molar-refractivity contribution in [3.05, 3.63) is 29.6 Å². The van der Waals surface area contributed by atoms with E-state index in [1.54, 1.807) is 12.4 Å². The van der Waals surface area contributed by atoms with Crippen molar-refractivity contribution in [2.24, 2.45) is 0 Å². The molecule has 2 aliphatic rings. The first kappa shape index (κ1) is 15.9. The highest BCUT2D eigenvalue weighted by Crippen LogP contribution is 2.21. The second-order valence-corrected chi connectivity index (χ2v) is 6.60. The third kappa shape index (κ3) is 3.52. The molecule has 0 aromatic carbocycles. The molecule has 0 spiro atoms. The Morgan fingerprint density at radius 2 is 1.96 bits per heavy atom. The summed E-state index contributed by atoms with van der Waals surface area (Å²) < 4.78 is 0. The van der Waals surface area contributed by atoms with Crippen molar-refractivity contribution in [1.82, 2.24) is 20.1 Å². The summed E-state index contributed by atoms with van der Waals surface area (Å²) in [5, 5.41) is 3.09. The fraction of sp³-hybridized carbons (Fsp3) is 0.588. The van der Waals surface area contributed by atoms with E-state index in [0.717, 1.165) is 44.5 Å². The molecule has 1 aromatic rings. The third-order valence-corrected chi connectivity index (χ3v) is 4.84. The second kappa shape index (κ2) is 6.66. The highest BCUT2D eigenvalue weighted by molar-refractivity contribution is 5.94. The van der Waals surface area contributed by atoms with Crippen LogP contribution in [-0.4, -0.2) is 65.4 Å². The number of piperidine rings is 1. The van der Waals surface area contributed by atoms with Crippen molar-refractivity contribution in [2.45, 2.75) is 38.3 Å². The number of aryl methyl sites for hydroxylation is 1. The molecule has 2 fully saturated rings. The molecule has 2 amide bonds. The number of carbonyl (C=O) groups excluding carboxylic acids is 2. The number of nitrogens with zero attached hydrogens (tertiary/aromatic N) is 3. The molecule has 0 aliphatic carbocycles. The van der Waals surface area contributed by atoms with Gasteiger partial charge in [-0.05, 0) is 37.8 Å². The molecule has 1 aromatic heterocycles. The van der Waals surface area contributed by atoms with Gasteiger partial charge in [0.05, 0.1) is 11.6 Å². The number of hydrogen-bond donors (Lipinski definition) is 1. The van der Waals surface area contributed by atoms with Gasteiger partial charge in [0.25, 0.3) is 5.91 Å². The van der Waals surface area contributed by atoms with Gasteiger partial charge in [-0.3, -0.25) is 19.5 Å². The normalized spacial score (nSPS) is 23.3. The molecular weight excluding hydrogens is 292 g/mol. The van der Waals surface area contributed by atoms with Crippen LogP contribution in [0.4, 0.5) is 0 Å². The Bertz CT molecular complexity index is 596. The summed E-state index contributed by atoms with van der Waals surface area (Å²) in [5.41, 5.74) is 1.59. The van der Waals surface area contributed by atoms with Gasteiger partial charge in [0.1, 0.15) is 0 Å². The van der Waals surface area contributed by atoms with E-state index < -0.39 is 0 Å². The summed E-state index contributed by atoms with van der Waals surface area (Å²) in [7, 11) is 1.87. The summed E-state index contributed by atoms with van der Waals surface area (Å²) >= 11 is 0. The van der Waals surface area contributed by atoms with Gasteiger partial charge < -0.3 is 10.2 Å². The van der Waals surface area contributed by atoms with Crippen LogP contribution in [0.2, 0.25) is 0 Å². The van der Waals surface area contributed by atoms with Gasteiger partial charge in [-0.15, -0.1) is 0 Å². The van der Waals surface area contributed by atoms with Crippen LogP contribution in [0.3, 0.4) is 0 Å². The van der Waals surface area contributed by atoms with Gasteiger partial charge in [-0.2, -0.15) is 0 Å². The smallest absolute Gasteiger partial charge is 0.253 e. The number of aromatic nitrogens is 1. The van der Waals surface area contributed by atoms with Gasteiger partial charge in [0.15, 0.2) is 0 Å². The number of carbonyl (C=O) groups is 2. The second-order valence-electron chi connectivity index (χ2n) is 6.60. The summed E-state index contributed by atoms with van der Waals surface area (Å²) in [6, 6.07) is 2.07. The molecule has 3 rings (SSSR count). The average Bonchev–Trinajstić information content (AvgIpc) is 2.88. The van der Waals surface area contributed by atoms with Crippen LogP contribution in [0, 0.1) is 6.92 Å². The highest BCUT2D eigenvalue weighted by atomic mass is 16.2. The minimum Gasteiger partial charge on any atom is -0.349 e. The third-order valence-electron chi connectivity index (χ3n) is 4.84. The first-order valence-electron chi connectivity index (χ1n) is 8.26. The first-order valence-corrected chi connectivity index (χ1v) is 8.26. The molecular formula is C17H24N4O2. The summed E-state index contributed by atoms with van der Waals surface area (Å²) in [5.74, 6) is 0.176. The highest BCUT2D eigenvalue weighted by Gasteiger charge is 2.35.